The predicted octanol–water partition coefficient (Wildman–Crippen LogP) is 1.15. The van der Waals surface area contributed by atoms with E-state index in [9.17, 15) is 5.11 Å². The Kier molecular flexibility index (Phi) is 4.74. The van der Waals surface area contributed by atoms with Crippen LogP contribution >= 0.6 is 12.2 Å². The molecule has 0 spiro atoms. The first-order chi connectivity index (χ1) is 9.08. The van der Waals surface area contributed by atoms with Crippen molar-refractivity contribution in [3.8, 4) is 5.75 Å². The SMILES string of the molecule is CN(CC(O)COc1ccccc1C(N)=S)C1CC1. The molecule has 0 aromatic heterocycles. The molecule has 0 aliphatic heterocycles. The number of para-hydroxylation sites is 1. The molecule has 0 radical (unpaired) electrons. The standard InChI is InChI=1S/C14H20N2O2S/c1-16(10-6-7-10)8-11(17)9-18-13-5-3-2-4-12(13)14(15)19/h2-5,10-11,17H,6-9H2,1H3,(H2,15,19). The molecule has 1 aromatic carbocycles. The monoisotopic (exact) mass is 280 g/mol. The smallest absolute Gasteiger partial charge is 0.129 e. The highest BCUT2D eigenvalue weighted by Gasteiger charge is 2.27. The van der Waals surface area contributed by atoms with E-state index in [4.69, 9.17) is 22.7 Å². The van der Waals surface area contributed by atoms with Gasteiger partial charge in [0, 0.05) is 12.6 Å². The van der Waals surface area contributed by atoms with E-state index in [1.54, 1.807) is 0 Å². The van der Waals surface area contributed by atoms with Crippen molar-refractivity contribution in [2.45, 2.75) is 25.0 Å². The summed E-state index contributed by atoms with van der Waals surface area (Å²) < 4.78 is 5.62. The van der Waals surface area contributed by atoms with Crippen LogP contribution in [0.15, 0.2) is 24.3 Å². The van der Waals surface area contributed by atoms with E-state index in [0.717, 1.165) is 0 Å². The van der Waals surface area contributed by atoms with Gasteiger partial charge in [0.2, 0.25) is 0 Å². The molecule has 0 heterocycles. The number of benzene rings is 1. The quantitative estimate of drug-likeness (QED) is 0.734. The summed E-state index contributed by atoms with van der Waals surface area (Å²) in [4.78, 5) is 2.48. The Hall–Kier alpha value is -1.17. The number of aliphatic hydroxyl groups excluding tert-OH is 1. The van der Waals surface area contributed by atoms with Crippen molar-refractivity contribution in [2.24, 2.45) is 5.73 Å². The van der Waals surface area contributed by atoms with Crippen LogP contribution in [-0.4, -0.2) is 47.3 Å². The van der Waals surface area contributed by atoms with Gasteiger partial charge in [-0.1, -0.05) is 24.4 Å². The zero-order valence-electron chi connectivity index (χ0n) is 11.1. The van der Waals surface area contributed by atoms with Crippen molar-refractivity contribution in [1.82, 2.24) is 4.90 Å². The molecule has 19 heavy (non-hydrogen) atoms. The van der Waals surface area contributed by atoms with Crippen LogP contribution in [0.1, 0.15) is 18.4 Å². The first-order valence-corrected chi connectivity index (χ1v) is 6.88. The maximum atomic E-state index is 9.96. The van der Waals surface area contributed by atoms with E-state index in [1.165, 1.54) is 12.8 Å². The summed E-state index contributed by atoms with van der Waals surface area (Å²) in [7, 11) is 2.03. The molecule has 1 unspecified atom stereocenters. The molecule has 0 saturated heterocycles. The zero-order valence-corrected chi connectivity index (χ0v) is 11.9. The minimum absolute atomic E-state index is 0.247. The van der Waals surface area contributed by atoms with Gasteiger partial charge in [-0.2, -0.15) is 0 Å². The van der Waals surface area contributed by atoms with Crippen molar-refractivity contribution >= 4 is 17.2 Å². The van der Waals surface area contributed by atoms with Gasteiger partial charge in [-0.25, -0.2) is 0 Å². The van der Waals surface area contributed by atoms with Crippen molar-refractivity contribution in [1.29, 1.82) is 0 Å². The Bertz CT molecular complexity index is 449. The van der Waals surface area contributed by atoms with Crippen LogP contribution in [0.5, 0.6) is 5.75 Å². The van der Waals surface area contributed by atoms with E-state index in [2.05, 4.69) is 4.90 Å². The largest absolute Gasteiger partial charge is 0.490 e. The second kappa shape index (κ2) is 6.32. The number of thiocarbonyl (C=S) groups is 1. The fraction of sp³-hybridized carbons (Fsp3) is 0.500. The second-order valence-corrected chi connectivity index (χ2v) is 5.44. The summed E-state index contributed by atoms with van der Waals surface area (Å²) in [5.41, 5.74) is 6.34. The van der Waals surface area contributed by atoms with Crippen LogP contribution in [-0.2, 0) is 0 Å². The zero-order chi connectivity index (χ0) is 13.8. The van der Waals surface area contributed by atoms with Gasteiger partial charge in [-0.15, -0.1) is 0 Å². The average Bonchev–Trinajstić information content (AvgIpc) is 3.20. The Morgan fingerprint density at radius 3 is 2.84 bits per heavy atom. The molecule has 5 heteroatoms. The minimum Gasteiger partial charge on any atom is -0.490 e. The molecule has 1 aliphatic carbocycles. The number of nitrogens with two attached hydrogens (primary N) is 1. The average molecular weight is 280 g/mol. The number of hydrogen-bond donors (Lipinski definition) is 2. The van der Waals surface area contributed by atoms with Crippen molar-refractivity contribution in [3.05, 3.63) is 29.8 Å². The third-order valence-corrected chi connectivity index (χ3v) is 3.47. The lowest BCUT2D eigenvalue weighted by Gasteiger charge is -2.20. The van der Waals surface area contributed by atoms with Crippen LogP contribution in [0.3, 0.4) is 0 Å². The molecule has 1 saturated carbocycles. The Morgan fingerprint density at radius 2 is 2.21 bits per heavy atom. The molecule has 0 amide bonds. The number of ether oxygens (including phenoxy) is 1. The number of hydrogen-bond acceptors (Lipinski definition) is 4. The lowest BCUT2D eigenvalue weighted by atomic mass is 10.2. The van der Waals surface area contributed by atoms with E-state index in [1.807, 2.05) is 31.3 Å². The molecular weight excluding hydrogens is 260 g/mol. The number of likely N-dealkylation sites (N-methyl/N-ethyl adjacent to an activating group) is 1. The van der Waals surface area contributed by atoms with Crippen LogP contribution in [0.25, 0.3) is 0 Å². The number of nitrogens with zero attached hydrogens (tertiary/aromatic N) is 1. The summed E-state index contributed by atoms with van der Waals surface area (Å²) in [5.74, 6) is 0.628. The van der Waals surface area contributed by atoms with Crippen molar-refractivity contribution in [2.75, 3.05) is 20.2 Å². The highest BCUT2D eigenvalue weighted by atomic mass is 32.1. The molecule has 0 bridgehead atoms. The third-order valence-electron chi connectivity index (χ3n) is 3.25. The predicted molar refractivity (Wildman–Crippen MR) is 79.5 cm³/mol. The van der Waals surface area contributed by atoms with Crippen molar-refractivity contribution in [3.63, 3.8) is 0 Å². The molecule has 4 nitrogen and oxygen atoms in total. The lowest BCUT2D eigenvalue weighted by molar-refractivity contribution is 0.0741. The van der Waals surface area contributed by atoms with Gasteiger partial charge in [0.25, 0.3) is 0 Å². The third kappa shape index (κ3) is 4.16. The maximum absolute atomic E-state index is 9.96. The molecule has 1 fully saturated rings. The van der Waals surface area contributed by atoms with Gasteiger partial charge < -0.3 is 20.5 Å². The lowest BCUT2D eigenvalue weighted by Crippen LogP contribution is -2.34. The fourth-order valence-electron chi connectivity index (χ4n) is 2.03. The van der Waals surface area contributed by atoms with Gasteiger partial charge in [0.15, 0.2) is 0 Å². The molecule has 1 aliphatic rings. The number of aliphatic hydroxyl groups is 1. The normalized spacial score (nSPS) is 16.4. The van der Waals surface area contributed by atoms with E-state index in [0.29, 0.717) is 28.9 Å². The van der Waals surface area contributed by atoms with Crippen LogP contribution in [0, 0.1) is 0 Å². The highest BCUT2D eigenvalue weighted by Crippen LogP contribution is 2.25. The topological polar surface area (TPSA) is 58.7 Å². The maximum Gasteiger partial charge on any atom is 0.129 e. The van der Waals surface area contributed by atoms with E-state index in [-0.39, 0.29) is 6.61 Å². The van der Waals surface area contributed by atoms with Gasteiger partial charge in [-0.3, -0.25) is 0 Å². The Balaban J connectivity index is 1.85. The summed E-state index contributed by atoms with van der Waals surface area (Å²) >= 11 is 4.97. The summed E-state index contributed by atoms with van der Waals surface area (Å²) in [6.07, 6.45) is 1.95. The molecule has 1 atom stereocenters. The number of rotatable bonds is 7. The second-order valence-electron chi connectivity index (χ2n) is 5.00. The highest BCUT2D eigenvalue weighted by molar-refractivity contribution is 7.80. The summed E-state index contributed by atoms with van der Waals surface area (Å²) in [5, 5.41) is 9.96. The fourth-order valence-corrected chi connectivity index (χ4v) is 2.20. The van der Waals surface area contributed by atoms with Gasteiger partial charge in [0.1, 0.15) is 23.4 Å². The first kappa shape index (κ1) is 14.2. The minimum atomic E-state index is -0.509. The van der Waals surface area contributed by atoms with Crippen molar-refractivity contribution < 1.29 is 9.84 Å². The van der Waals surface area contributed by atoms with E-state index < -0.39 is 6.10 Å². The van der Waals surface area contributed by atoms with Gasteiger partial charge >= 0.3 is 0 Å². The Labute approximate surface area is 119 Å². The van der Waals surface area contributed by atoms with Crippen LogP contribution < -0.4 is 10.5 Å². The molecule has 3 N–H and O–H groups in total. The van der Waals surface area contributed by atoms with Gasteiger partial charge in [-0.05, 0) is 32.0 Å². The Morgan fingerprint density at radius 1 is 1.53 bits per heavy atom. The van der Waals surface area contributed by atoms with E-state index >= 15 is 0 Å². The molecule has 2 rings (SSSR count). The molecule has 104 valence electrons. The summed E-state index contributed by atoms with van der Waals surface area (Å²) in [6, 6.07) is 7.99. The molecule has 1 aromatic rings. The molecular formula is C14H20N2O2S. The van der Waals surface area contributed by atoms with Gasteiger partial charge in [0.05, 0.1) is 5.56 Å². The summed E-state index contributed by atoms with van der Waals surface area (Å²) in [6.45, 7) is 0.872. The van der Waals surface area contributed by atoms with Crippen LogP contribution in [0.4, 0.5) is 0 Å². The first-order valence-electron chi connectivity index (χ1n) is 6.48. The van der Waals surface area contributed by atoms with Crippen LogP contribution in [0.2, 0.25) is 0 Å².